The van der Waals surface area contributed by atoms with E-state index in [1.807, 2.05) is 4.90 Å². The number of rotatable bonds is 2. The lowest BCUT2D eigenvalue weighted by atomic mass is 10.1. The summed E-state index contributed by atoms with van der Waals surface area (Å²) in [5.41, 5.74) is 0. The van der Waals surface area contributed by atoms with Crippen LogP contribution in [0.4, 0.5) is 0 Å². The van der Waals surface area contributed by atoms with Gasteiger partial charge >= 0.3 is 0 Å². The van der Waals surface area contributed by atoms with Gasteiger partial charge < -0.3 is 15.0 Å². The Kier molecular flexibility index (Phi) is 3.38. The average Bonchev–Trinajstić information content (AvgIpc) is 2.78. The molecule has 4 heteroatoms. The molecule has 2 heterocycles. The number of hydrogen-bond acceptors (Lipinski definition) is 3. The number of nitrogens with one attached hydrogen (secondary N) is 1. The summed E-state index contributed by atoms with van der Waals surface area (Å²) in [6.45, 7) is 2.40. The highest BCUT2D eigenvalue weighted by Crippen LogP contribution is 2.13. The summed E-state index contributed by atoms with van der Waals surface area (Å²) in [5.74, 6) is 0.221. The zero-order valence-electron chi connectivity index (χ0n) is 9.11. The maximum Gasteiger partial charge on any atom is 0.240 e. The zero-order valence-corrected chi connectivity index (χ0v) is 9.11. The minimum Gasteiger partial charge on any atom is -0.380 e. The number of carbonyl (C=O) groups is 1. The van der Waals surface area contributed by atoms with Crippen LogP contribution in [-0.2, 0) is 9.53 Å². The van der Waals surface area contributed by atoms with Crippen molar-refractivity contribution in [2.24, 2.45) is 0 Å². The smallest absolute Gasteiger partial charge is 0.240 e. The van der Waals surface area contributed by atoms with E-state index in [9.17, 15) is 4.79 Å². The summed E-state index contributed by atoms with van der Waals surface area (Å²) in [6.07, 6.45) is 6.16. The van der Waals surface area contributed by atoms with Crippen LogP contribution < -0.4 is 5.32 Å². The fourth-order valence-electron chi connectivity index (χ4n) is 2.13. The Morgan fingerprint density at radius 2 is 2.40 bits per heavy atom. The molecule has 2 aliphatic rings. The molecular weight excluding hydrogens is 192 g/mol. The number of hydrogen-bond donors (Lipinski definition) is 1. The van der Waals surface area contributed by atoms with Crippen LogP contribution in [0.2, 0.25) is 0 Å². The van der Waals surface area contributed by atoms with Crippen LogP contribution in [-0.4, -0.2) is 49.7 Å². The molecule has 1 fully saturated rings. The van der Waals surface area contributed by atoms with Gasteiger partial charge in [0, 0.05) is 26.7 Å². The van der Waals surface area contributed by atoms with Crippen LogP contribution in [0, 0.1) is 0 Å². The predicted molar refractivity (Wildman–Crippen MR) is 57.5 cm³/mol. The molecular formula is C11H18N2O2. The molecule has 0 aromatic carbocycles. The van der Waals surface area contributed by atoms with E-state index in [0.29, 0.717) is 0 Å². The molecule has 2 atom stereocenters. The Labute approximate surface area is 90.3 Å². The Morgan fingerprint density at radius 1 is 1.53 bits per heavy atom. The summed E-state index contributed by atoms with van der Waals surface area (Å²) >= 11 is 0. The number of carbonyl (C=O) groups excluding carboxylic acids is 1. The van der Waals surface area contributed by atoms with E-state index in [1.54, 1.807) is 7.11 Å². The molecule has 0 spiro atoms. The molecule has 1 saturated heterocycles. The van der Waals surface area contributed by atoms with E-state index >= 15 is 0 Å². The molecule has 0 bridgehead atoms. The first-order chi connectivity index (χ1) is 7.31. The standard InChI is InChI=1S/C11H18N2O2/c1-15-9-7-10(12-8-9)11(14)13-5-3-2-4-6-13/h2-3,9-10,12H,4-8H2,1H3. The highest BCUT2D eigenvalue weighted by molar-refractivity contribution is 5.82. The lowest BCUT2D eigenvalue weighted by molar-refractivity contribution is -0.132. The third kappa shape index (κ3) is 2.38. The molecule has 1 amide bonds. The average molecular weight is 210 g/mol. The monoisotopic (exact) mass is 210 g/mol. The second-order valence-electron chi connectivity index (χ2n) is 4.10. The maximum atomic E-state index is 12.0. The van der Waals surface area contributed by atoms with Crippen LogP contribution in [0.15, 0.2) is 12.2 Å². The SMILES string of the molecule is COC1CNC(C(=O)N2CC=CCC2)C1. The Bertz CT molecular complexity index is 265. The summed E-state index contributed by atoms with van der Waals surface area (Å²) in [6, 6.07) is -0.0403. The largest absolute Gasteiger partial charge is 0.380 e. The summed E-state index contributed by atoms with van der Waals surface area (Å²) < 4.78 is 5.23. The third-order valence-corrected chi connectivity index (χ3v) is 3.09. The van der Waals surface area contributed by atoms with Crippen molar-refractivity contribution in [3.63, 3.8) is 0 Å². The molecule has 4 nitrogen and oxygen atoms in total. The third-order valence-electron chi connectivity index (χ3n) is 3.09. The number of nitrogens with zero attached hydrogens (tertiary/aromatic N) is 1. The van der Waals surface area contributed by atoms with E-state index in [1.165, 1.54) is 0 Å². The van der Waals surface area contributed by atoms with Gasteiger partial charge in [0.05, 0.1) is 12.1 Å². The molecule has 0 aromatic heterocycles. The van der Waals surface area contributed by atoms with Crippen molar-refractivity contribution in [2.45, 2.75) is 25.0 Å². The molecule has 0 saturated carbocycles. The molecule has 0 aliphatic carbocycles. The minimum atomic E-state index is -0.0403. The first-order valence-electron chi connectivity index (χ1n) is 5.51. The van der Waals surface area contributed by atoms with Gasteiger partial charge in [-0.3, -0.25) is 4.79 Å². The highest BCUT2D eigenvalue weighted by Gasteiger charge is 2.31. The number of ether oxygens (including phenoxy) is 1. The van der Waals surface area contributed by atoms with Crippen molar-refractivity contribution in [3.8, 4) is 0 Å². The van der Waals surface area contributed by atoms with E-state index in [4.69, 9.17) is 4.74 Å². The lowest BCUT2D eigenvalue weighted by Crippen LogP contribution is -2.44. The molecule has 1 N–H and O–H groups in total. The summed E-state index contributed by atoms with van der Waals surface area (Å²) in [5, 5.41) is 3.21. The molecule has 2 unspecified atom stereocenters. The van der Waals surface area contributed by atoms with Crippen molar-refractivity contribution in [2.75, 3.05) is 26.7 Å². The molecule has 2 aliphatic heterocycles. The van der Waals surface area contributed by atoms with E-state index in [0.717, 1.165) is 32.5 Å². The van der Waals surface area contributed by atoms with Crippen LogP contribution in [0.3, 0.4) is 0 Å². The van der Waals surface area contributed by atoms with Crippen molar-refractivity contribution < 1.29 is 9.53 Å². The zero-order chi connectivity index (χ0) is 10.7. The van der Waals surface area contributed by atoms with Gasteiger partial charge in [0.25, 0.3) is 0 Å². The fourth-order valence-corrected chi connectivity index (χ4v) is 2.13. The Morgan fingerprint density at radius 3 is 3.00 bits per heavy atom. The molecule has 0 radical (unpaired) electrons. The van der Waals surface area contributed by atoms with Crippen LogP contribution in [0.25, 0.3) is 0 Å². The van der Waals surface area contributed by atoms with Gasteiger partial charge in [0.15, 0.2) is 0 Å². The van der Waals surface area contributed by atoms with Crippen LogP contribution >= 0.6 is 0 Å². The first kappa shape index (κ1) is 10.6. The predicted octanol–water partition coefficient (Wildman–Crippen LogP) is 0.152. The quantitative estimate of drug-likeness (QED) is 0.660. The minimum absolute atomic E-state index is 0.0403. The van der Waals surface area contributed by atoms with E-state index in [-0.39, 0.29) is 18.1 Å². The summed E-state index contributed by atoms with van der Waals surface area (Å²) in [7, 11) is 1.70. The van der Waals surface area contributed by atoms with Gasteiger partial charge in [-0.25, -0.2) is 0 Å². The van der Waals surface area contributed by atoms with Crippen LogP contribution in [0.5, 0.6) is 0 Å². The second-order valence-corrected chi connectivity index (χ2v) is 4.10. The van der Waals surface area contributed by atoms with Gasteiger partial charge in [-0.1, -0.05) is 12.2 Å². The van der Waals surface area contributed by atoms with Crippen molar-refractivity contribution >= 4 is 5.91 Å². The highest BCUT2D eigenvalue weighted by atomic mass is 16.5. The van der Waals surface area contributed by atoms with Gasteiger partial charge in [-0.2, -0.15) is 0 Å². The lowest BCUT2D eigenvalue weighted by Gasteiger charge is -2.26. The molecule has 84 valence electrons. The first-order valence-corrected chi connectivity index (χ1v) is 5.51. The van der Waals surface area contributed by atoms with E-state index < -0.39 is 0 Å². The van der Waals surface area contributed by atoms with Gasteiger partial charge in [-0.05, 0) is 12.8 Å². The topological polar surface area (TPSA) is 41.6 Å². The molecule has 0 aromatic rings. The Hall–Kier alpha value is -0.870. The Balaban J connectivity index is 1.88. The maximum absolute atomic E-state index is 12.0. The number of amides is 1. The molecule has 15 heavy (non-hydrogen) atoms. The van der Waals surface area contributed by atoms with Gasteiger partial charge in [0.1, 0.15) is 0 Å². The van der Waals surface area contributed by atoms with Crippen molar-refractivity contribution in [1.82, 2.24) is 10.2 Å². The summed E-state index contributed by atoms with van der Waals surface area (Å²) in [4.78, 5) is 13.9. The molecule has 2 rings (SSSR count). The van der Waals surface area contributed by atoms with Crippen LogP contribution in [0.1, 0.15) is 12.8 Å². The van der Waals surface area contributed by atoms with E-state index in [2.05, 4.69) is 17.5 Å². The normalized spacial score (nSPS) is 30.9. The number of methoxy groups -OCH3 is 1. The van der Waals surface area contributed by atoms with Gasteiger partial charge in [0.2, 0.25) is 5.91 Å². The van der Waals surface area contributed by atoms with Crippen molar-refractivity contribution in [1.29, 1.82) is 0 Å². The fraction of sp³-hybridized carbons (Fsp3) is 0.727. The van der Waals surface area contributed by atoms with Gasteiger partial charge in [-0.15, -0.1) is 0 Å². The second kappa shape index (κ2) is 4.77. The van der Waals surface area contributed by atoms with Crippen molar-refractivity contribution in [3.05, 3.63) is 12.2 Å².